The van der Waals surface area contributed by atoms with Crippen LogP contribution in [0.4, 0.5) is 17.1 Å². The molecule has 0 saturated heterocycles. The van der Waals surface area contributed by atoms with E-state index < -0.39 is 0 Å². The molecule has 37 heavy (non-hydrogen) atoms. The molecule has 0 amide bonds. The Morgan fingerprint density at radius 1 is 0.486 bits per heavy atom. The van der Waals surface area contributed by atoms with E-state index in [-0.39, 0.29) is 0 Å². The SMILES string of the molecule is Brc1ccc2c3cc(N(c4ccccc4)c4cccc5ccccc45)ccc3n(-c3ccccc3)c2c1. The van der Waals surface area contributed by atoms with Crippen molar-refractivity contribution < 1.29 is 0 Å². The number of halogens is 1. The van der Waals surface area contributed by atoms with Gasteiger partial charge in [0.05, 0.1) is 16.7 Å². The predicted octanol–water partition coefficient (Wildman–Crippen LogP) is 10.2. The van der Waals surface area contributed by atoms with Crippen molar-refractivity contribution in [2.75, 3.05) is 4.90 Å². The van der Waals surface area contributed by atoms with E-state index >= 15 is 0 Å². The first-order valence-corrected chi connectivity index (χ1v) is 13.2. The fraction of sp³-hybridized carbons (Fsp3) is 0. The molecule has 0 radical (unpaired) electrons. The zero-order chi connectivity index (χ0) is 24.8. The molecule has 0 aliphatic heterocycles. The fourth-order valence-electron chi connectivity index (χ4n) is 5.38. The highest BCUT2D eigenvalue weighted by Gasteiger charge is 2.18. The third kappa shape index (κ3) is 3.71. The standard InChI is InChI=1S/C34H23BrN2/c35-25-18-20-30-31-23-28(19-21-33(31)37(34(30)22-25)27-14-5-2-6-15-27)36(26-12-3-1-4-13-26)32-17-9-11-24-10-7-8-16-29(24)32/h1-23H. The van der Waals surface area contributed by atoms with Crippen LogP contribution in [0.3, 0.4) is 0 Å². The molecule has 0 fully saturated rings. The molecule has 7 rings (SSSR count). The van der Waals surface area contributed by atoms with Crippen LogP contribution >= 0.6 is 15.9 Å². The van der Waals surface area contributed by atoms with Crippen LogP contribution in [0, 0.1) is 0 Å². The maximum atomic E-state index is 3.70. The molecule has 0 atom stereocenters. The number of anilines is 3. The summed E-state index contributed by atoms with van der Waals surface area (Å²) in [4.78, 5) is 2.37. The molecule has 0 aliphatic rings. The molecular formula is C34H23BrN2. The van der Waals surface area contributed by atoms with Crippen LogP contribution in [0.25, 0.3) is 38.3 Å². The highest BCUT2D eigenvalue weighted by molar-refractivity contribution is 9.10. The van der Waals surface area contributed by atoms with Gasteiger partial charge < -0.3 is 9.47 Å². The Hall–Kier alpha value is -4.34. The van der Waals surface area contributed by atoms with Crippen LogP contribution < -0.4 is 4.90 Å². The summed E-state index contributed by atoms with van der Waals surface area (Å²) in [6.45, 7) is 0. The van der Waals surface area contributed by atoms with Gasteiger partial charge in [0.1, 0.15) is 0 Å². The average Bonchev–Trinajstić information content (AvgIpc) is 3.27. The second-order valence-electron chi connectivity index (χ2n) is 9.20. The molecule has 0 bridgehead atoms. The molecule has 6 aromatic carbocycles. The second kappa shape index (κ2) is 8.95. The first-order chi connectivity index (χ1) is 18.3. The van der Waals surface area contributed by atoms with E-state index in [0.29, 0.717) is 0 Å². The minimum absolute atomic E-state index is 1.07. The smallest absolute Gasteiger partial charge is 0.0552 e. The number of rotatable bonds is 4. The molecule has 0 N–H and O–H groups in total. The Labute approximate surface area is 224 Å². The molecule has 0 saturated carbocycles. The minimum atomic E-state index is 1.07. The van der Waals surface area contributed by atoms with Crippen LogP contribution in [-0.2, 0) is 0 Å². The Morgan fingerprint density at radius 3 is 2.05 bits per heavy atom. The van der Waals surface area contributed by atoms with Crippen molar-refractivity contribution in [3.63, 3.8) is 0 Å². The van der Waals surface area contributed by atoms with Gasteiger partial charge in [-0.15, -0.1) is 0 Å². The highest BCUT2D eigenvalue weighted by atomic mass is 79.9. The number of fused-ring (bicyclic) bond motifs is 4. The molecule has 176 valence electrons. The number of benzene rings is 6. The summed E-state index contributed by atoms with van der Waals surface area (Å²) >= 11 is 3.70. The molecule has 7 aromatic rings. The molecule has 2 nitrogen and oxygen atoms in total. The van der Waals surface area contributed by atoms with E-state index in [0.717, 1.165) is 27.2 Å². The first-order valence-electron chi connectivity index (χ1n) is 12.4. The monoisotopic (exact) mass is 538 g/mol. The van der Waals surface area contributed by atoms with E-state index in [1.165, 1.54) is 32.6 Å². The Kier molecular flexibility index (Phi) is 5.30. The summed E-state index contributed by atoms with van der Waals surface area (Å²) in [6, 6.07) is 49.7. The van der Waals surface area contributed by atoms with E-state index in [1.54, 1.807) is 0 Å². The van der Waals surface area contributed by atoms with Gasteiger partial charge in [0, 0.05) is 37.7 Å². The first kappa shape index (κ1) is 21.9. The second-order valence-corrected chi connectivity index (χ2v) is 10.1. The molecule has 0 unspecified atom stereocenters. The number of nitrogens with zero attached hydrogens (tertiary/aromatic N) is 2. The summed E-state index contributed by atoms with van der Waals surface area (Å²) < 4.78 is 3.42. The lowest BCUT2D eigenvalue weighted by atomic mass is 10.1. The lowest BCUT2D eigenvalue weighted by molar-refractivity contribution is 1.18. The van der Waals surface area contributed by atoms with Gasteiger partial charge in [-0.2, -0.15) is 0 Å². The van der Waals surface area contributed by atoms with Gasteiger partial charge in [-0.25, -0.2) is 0 Å². The summed E-state index contributed by atoms with van der Waals surface area (Å²) in [5.74, 6) is 0. The Morgan fingerprint density at radius 2 is 1.22 bits per heavy atom. The highest BCUT2D eigenvalue weighted by Crippen LogP contribution is 2.42. The molecular weight excluding hydrogens is 516 g/mol. The molecule has 1 aromatic heterocycles. The molecule has 0 aliphatic carbocycles. The van der Waals surface area contributed by atoms with E-state index in [1.807, 2.05) is 0 Å². The fourth-order valence-corrected chi connectivity index (χ4v) is 5.73. The van der Waals surface area contributed by atoms with Gasteiger partial charge in [0.2, 0.25) is 0 Å². The van der Waals surface area contributed by atoms with Crippen LogP contribution in [0.5, 0.6) is 0 Å². The molecule has 0 spiro atoms. The van der Waals surface area contributed by atoms with Gasteiger partial charge in [-0.1, -0.05) is 94.8 Å². The van der Waals surface area contributed by atoms with Crippen molar-refractivity contribution in [2.45, 2.75) is 0 Å². The Balaban J connectivity index is 1.53. The maximum absolute atomic E-state index is 3.70. The quantitative estimate of drug-likeness (QED) is 0.216. The van der Waals surface area contributed by atoms with Gasteiger partial charge in [0.15, 0.2) is 0 Å². The van der Waals surface area contributed by atoms with Crippen LogP contribution in [0.15, 0.2) is 144 Å². The lowest BCUT2D eigenvalue weighted by Gasteiger charge is -2.27. The Bertz CT molecular complexity index is 1880. The normalized spacial score (nSPS) is 11.4. The third-order valence-electron chi connectivity index (χ3n) is 7.01. The zero-order valence-electron chi connectivity index (χ0n) is 20.1. The number of hydrogen-bond acceptors (Lipinski definition) is 1. The summed E-state index contributed by atoms with van der Waals surface area (Å²) in [6.07, 6.45) is 0. The average molecular weight is 539 g/mol. The van der Waals surface area contributed by atoms with Crippen LogP contribution in [-0.4, -0.2) is 4.57 Å². The molecule has 3 heteroatoms. The topological polar surface area (TPSA) is 8.17 Å². The van der Waals surface area contributed by atoms with Crippen molar-refractivity contribution in [3.05, 3.63) is 144 Å². The lowest BCUT2D eigenvalue weighted by Crippen LogP contribution is -2.10. The van der Waals surface area contributed by atoms with Crippen molar-refractivity contribution >= 4 is 65.6 Å². The number of aromatic nitrogens is 1. The minimum Gasteiger partial charge on any atom is -0.310 e. The summed E-state index contributed by atoms with van der Waals surface area (Å²) in [7, 11) is 0. The summed E-state index contributed by atoms with van der Waals surface area (Å²) in [5.41, 5.74) is 6.96. The summed E-state index contributed by atoms with van der Waals surface area (Å²) in [5, 5.41) is 4.91. The number of hydrogen-bond donors (Lipinski definition) is 0. The van der Waals surface area contributed by atoms with E-state index in [4.69, 9.17) is 0 Å². The van der Waals surface area contributed by atoms with Crippen molar-refractivity contribution in [3.8, 4) is 5.69 Å². The van der Waals surface area contributed by atoms with E-state index in [2.05, 4.69) is 165 Å². The zero-order valence-corrected chi connectivity index (χ0v) is 21.6. The van der Waals surface area contributed by atoms with Gasteiger partial charge in [-0.05, 0) is 66.0 Å². The van der Waals surface area contributed by atoms with Gasteiger partial charge >= 0.3 is 0 Å². The van der Waals surface area contributed by atoms with Crippen molar-refractivity contribution in [1.82, 2.24) is 4.57 Å². The number of para-hydroxylation sites is 2. The third-order valence-corrected chi connectivity index (χ3v) is 7.50. The van der Waals surface area contributed by atoms with Crippen molar-refractivity contribution in [1.29, 1.82) is 0 Å². The van der Waals surface area contributed by atoms with Crippen LogP contribution in [0.2, 0.25) is 0 Å². The molecule has 1 heterocycles. The largest absolute Gasteiger partial charge is 0.310 e. The van der Waals surface area contributed by atoms with Crippen molar-refractivity contribution in [2.24, 2.45) is 0 Å². The van der Waals surface area contributed by atoms with Gasteiger partial charge in [0.25, 0.3) is 0 Å². The predicted molar refractivity (Wildman–Crippen MR) is 161 cm³/mol. The van der Waals surface area contributed by atoms with Gasteiger partial charge in [-0.3, -0.25) is 0 Å². The van der Waals surface area contributed by atoms with E-state index in [9.17, 15) is 0 Å². The maximum Gasteiger partial charge on any atom is 0.0552 e. The van der Waals surface area contributed by atoms with Crippen LogP contribution in [0.1, 0.15) is 0 Å².